The molecule has 0 aromatic carbocycles. The topological polar surface area (TPSA) is 54.9 Å². The van der Waals surface area contributed by atoms with E-state index in [4.69, 9.17) is 11.6 Å². The summed E-state index contributed by atoms with van der Waals surface area (Å²) in [4.78, 5) is 19.4. The van der Waals surface area contributed by atoms with Crippen LogP contribution in [0.3, 0.4) is 0 Å². The first-order valence-electron chi connectivity index (χ1n) is 6.42. The third-order valence-electron chi connectivity index (χ3n) is 3.48. The van der Waals surface area contributed by atoms with E-state index in [1.54, 1.807) is 6.92 Å². The number of carbonyl (C=O) groups is 1. The molecule has 1 aliphatic rings. The number of aryl methyl sites for hydroxylation is 1. The van der Waals surface area contributed by atoms with E-state index in [9.17, 15) is 4.79 Å². The number of thioether (sulfide) groups is 1. The molecule has 104 valence electrons. The highest BCUT2D eigenvalue weighted by Gasteiger charge is 2.22. The van der Waals surface area contributed by atoms with Crippen LogP contribution in [-0.2, 0) is 0 Å². The van der Waals surface area contributed by atoms with Gasteiger partial charge in [0.05, 0.1) is 5.56 Å². The molecule has 0 unspecified atom stereocenters. The molecule has 0 atom stereocenters. The third kappa shape index (κ3) is 3.60. The molecule has 1 aromatic heterocycles. The van der Waals surface area contributed by atoms with E-state index in [1.165, 1.54) is 12.8 Å². The predicted octanol–water partition coefficient (Wildman–Crippen LogP) is 3.34. The van der Waals surface area contributed by atoms with Crippen LogP contribution in [0.2, 0.25) is 5.15 Å². The van der Waals surface area contributed by atoms with Gasteiger partial charge in [-0.1, -0.05) is 11.6 Å². The highest BCUT2D eigenvalue weighted by Crippen LogP contribution is 2.29. The molecular formula is C13H18ClN3OS. The molecule has 2 rings (SSSR count). The number of hydrogen-bond donors (Lipinski definition) is 1. The maximum atomic E-state index is 11.1. The van der Waals surface area contributed by atoms with Gasteiger partial charge in [-0.3, -0.25) is 4.79 Å². The number of anilines is 1. The number of carbonyl (C=O) groups excluding carboxylic acids is 1. The Morgan fingerprint density at radius 1 is 1.32 bits per heavy atom. The number of hydrogen-bond acceptors (Lipinski definition) is 5. The molecule has 1 heterocycles. The van der Waals surface area contributed by atoms with Gasteiger partial charge in [0, 0.05) is 11.3 Å². The van der Waals surface area contributed by atoms with Gasteiger partial charge >= 0.3 is 0 Å². The summed E-state index contributed by atoms with van der Waals surface area (Å²) in [6.45, 7) is 1.77. The Morgan fingerprint density at radius 3 is 2.58 bits per heavy atom. The number of aromatic nitrogens is 2. The average Bonchev–Trinajstić information content (AvgIpc) is 2.39. The molecule has 0 radical (unpaired) electrons. The van der Waals surface area contributed by atoms with Crippen molar-refractivity contribution in [2.24, 2.45) is 0 Å². The highest BCUT2D eigenvalue weighted by molar-refractivity contribution is 7.99. The van der Waals surface area contributed by atoms with Crippen molar-refractivity contribution in [3.05, 3.63) is 16.5 Å². The Balaban J connectivity index is 2.09. The van der Waals surface area contributed by atoms with Crippen molar-refractivity contribution in [3.8, 4) is 0 Å². The molecule has 1 aromatic rings. The lowest BCUT2D eigenvalue weighted by atomic mass is 9.95. The summed E-state index contributed by atoms with van der Waals surface area (Å²) < 4.78 is 0. The minimum absolute atomic E-state index is 0.225. The van der Waals surface area contributed by atoms with Crippen molar-refractivity contribution in [3.63, 3.8) is 0 Å². The smallest absolute Gasteiger partial charge is 0.156 e. The molecule has 0 saturated heterocycles. The third-order valence-corrected chi connectivity index (χ3v) is 4.90. The molecule has 1 saturated carbocycles. The molecule has 0 aliphatic heterocycles. The van der Waals surface area contributed by atoms with E-state index in [0.717, 1.165) is 24.4 Å². The lowest BCUT2D eigenvalue weighted by molar-refractivity contribution is 0.112. The molecule has 0 spiro atoms. The maximum Gasteiger partial charge on any atom is 0.156 e. The van der Waals surface area contributed by atoms with Crippen LogP contribution in [-0.4, -0.2) is 33.8 Å². The summed E-state index contributed by atoms with van der Waals surface area (Å²) in [7, 11) is 0. The first-order chi connectivity index (χ1) is 9.13. The highest BCUT2D eigenvalue weighted by atomic mass is 35.5. The van der Waals surface area contributed by atoms with E-state index in [0.29, 0.717) is 23.2 Å². The van der Waals surface area contributed by atoms with Crippen molar-refractivity contribution in [2.45, 2.75) is 43.9 Å². The Morgan fingerprint density at radius 2 is 2.00 bits per heavy atom. The lowest BCUT2D eigenvalue weighted by Gasteiger charge is -2.28. The van der Waals surface area contributed by atoms with Crippen molar-refractivity contribution in [1.82, 2.24) is 9.97 Å². The van der Waals surface area contributed by atoms with E-state index < -0.39 is 0 Å². The molecule has 1 aliphatic carbocycles. The second-order valence-electron chi connectivity index (χ2n) is 4.80. The number of nitrogens with one attached hydrogen (secondary N) is 1. The van der Waals surface area contributed by atoms with Crippen LogP contribution in [0.4, 0.5) is 5.82 Å². The molecular weight excluding hydrogens is 282 g/mol. The van der Waals surface area contributed by atoms with Gasteiger partial charge in [0.15, 0.2) is 6.29 Å². The van der Waals surface area contributed by atoms with Crippen molar-refractivity contribution >= 4 is 35.5 Å². The standard InChI is InChI=1S/C13H18ClN3OS/c1-8-15-12(14)11(7-18)13(16-8)17-9-3-5-10(19-2)6-4-9/h7,9-10H,3-6H2,1-2H3,(H,15,16,17). The van der Waals surface area contributed by atoms with Crippen LogP contribution in [0.5, 0.6) is 0 Å². The molecule has 19 heavy (non-hydrogen) atoms. The van der Waals surface area contributed by atoms with Gasteiger partial charge in [0.25, 0.3) is 0 Å². The summed E-state index contributed by atoms with van der Waals surface area (Å²) in [5, 5.41) is 4.34. The zero-order chi connectivity index (χ0) is 13.8. The van der Waals surface area contributed by atoms with Gasteiger partial charge in [0.2, 0.25) is 0 Å². The Kier molecular flexibility index (Phi) is 5.05. The largest absolute Gasteiger partial charge is 0.367 e. The van der Waals surface area contributed by atoms with Crippen LogP contribution in [0.15, 0.2) is 0 Å². The second-order valence-corrected chi connectivity index (χ2v) is 6.29. The Hall–Kier alpha value is -0.810. The molecule has 4 nitrogen and oxygen atoms in total. The zero-order valence-electron chi connectivity index (χ0n) is 11.1. The molecule has 0 amide bonds. The average molecular weight is 300 g/mol. The Bertz CT molecular complexity index is 461. The quantitative estimate of drug-likeness (QED) is 0.682. The van der Waals surface area contributed by atoms with E-state index >= 15 is 0 Å². The fourth-order valence-corrected chi connectivity index (χ4v) is 3.40. The van der Waals surface area contributed by atoms with Crippen molar-refractivity contribution < 1.29 is 4.79 Å². The monoisotopic (exact) mass is 299 g/mol. The number of rotatable bonds is 4. The molecule has 1 fully saturated rings. The number of aldehydes is 1. The van der Waals surface area contributed by atoms with Crippen molar-refractivity contribution in [2.75, 3.05) is 11.6 Å². The summed E-state index contributed by atoms with van der Waals surface area (Å²) in [5.74, 6) is 1.15. The zero-order valence-corrected chi connectivity index (χ0v) is 12.7. The fourth-order valence-electron chi connectivity index (χ4n) is 2.40. The Labute approximate surface area is 122 Å². The van der Waals surface area contributed by atoms with Gasteiger partial charge in [0.1, 0.15) is 16.8 Å². The summed E-state index contributed by atoms with van der Waals surface area (Å²) in [6.07, 6.45) is 7.49. The summed E-state index contributed by atoms with van der Waals surface area (Å²) in [5.41, 5.74) is 0.360. The summed E-state index contributed by atoms with van der Waals surface area (Å²) in [6, 6.07) is 0.368. The van der Waals surface area contributed by atoms with Crippen LogP contribution < -0.4 is 5.32 Å². The second kappa shape index (κ2) is 6.57. The normalized spacial score (nSPS) is 23.1. The minimum atomic E-state index is 0.225. The molecule has 0 bridgehead atoms. The maximum absolute atomic E-state index is 11.1. The fraction of sp³-hybridized carbons (Fsp3) is 0.615. The van der Waals surface area contributed by atoms with Crippen LogP contribution in [0.1, 0.15) is 41.9 Å². The first-order valence-corrected chi connectivity index (χ1v) is 8.09. The van der Waals surface area contributed by atoms with Crippen LogP contribution in [0, 0.1) is 6.92 Å². The first kappa shape index (κ1) is 14.6. The van der Waals surface area contributed by atoms with Crippen LogP contribution in [0.25, 0.3) is 0 Å². The SMILES string of the molecule is CSC1CCC(Nc2nc(C)nc(Cl)c2C=O)CC1. The van der Waals surface area contributed by atoms with Gasteiger partial charge < -0.3 is 5.32 Å². The predicted molar refractivity (Wildman–Crippen MR) is 80.3 cm³/mol. The summed E-state index contributed by atoms with van der Waals surface area (Å²) >= 11 is 7.91. The molecule has 6 heteroatoms. The van der Waals surface area contributed by atoms with Gasteiger partial charge in [-0.05, 0) is 38.9 Å². The van der Waals surface area contributed by atoms with E-state index in [1.807, 2.05) is 11.8 Å². The number of nitrogens with zero attached hydrogens (tertiary/aromatic N) is 2. The molecule has 1 N–H and O–H groups in total. The van der Waals surface area contributed by atoms with E-state index in [2.05, 4.69) is 21.5 Å². The van der Waals surface area contributed by atoms with Gasteiger partial charge in [-0.15, -0.1) is 0 Å². The van der Waals surface area contributed by atoms with Gasteiger partial charge in [-0.2, -0.15) is 11.8 Å². The van der Waals surface area contributed by atoms with Crippen LogP contribution >= 0.6 is 23.4 Å². The van der Waals surface area contributed by atoms with Crippen molar-refractivity contribution in [1.29, 1.82) is 0 Å². The lowest BCUT2D eigenvalue weighted by Crippen LogP contribution is -2.28. The number of halogens is 1. The van der Waals surface area contributed by atoms with Gasteiger partial charge in [-0.25, -0.2) is 9.97 Å². The van der Waals surface area contributed by atoms with E-state index in [-0.39, 0.29) is 5.15 Å². The minimum Gasteiger partial charge on any atom is -0.367 e.